The predicted octanol–water partition coefficient (Wildman–Crippen LogP) is 3.32. The van der Waals surface area contributed by atoms with Crippen molar-refractivity contribution < 1.29 is 4.74 Å². The van der Waals surface area contributed by atoms with E-state index in [0.717, 1.165) is 39.4 Å². The van der Waals surface area contributed by atoms with Crippen LogP contribution in [0.1, 0.15) is 6.92 Å². The molecule has 0 unspecified atom stereocenters. The molecule has 0 fully saturated rings. The van der Waals surface area contributed by atoms with E-state index in [1.165, 1.54) is 4.57 Å². The molecule has 6 nitrogen and oxygen atoms in total. The first kappa shape index (κ1) is 18.6. The second kappa shape index (κ2) is 6.85. The minimum absolute atomic E-state index is 0.235. The first-order valence-electron chi connectivity index (χ1n) is 10.1. The molecule has 0 aliphatic rings. The highest BCUT2D eigenvalue weighted by molar-refractivity contribution is 6.24. The van der Waals surface area contributed by atoms with Crippen LogP contribution >= 0.6 is 0 Å². The van der Waals surface area contributed by atoms with Crippen molar-refractivity contribution in [2.24, 2.45) is 0 Å². The number of aromatic nitrogens is 2. The van der Waals surface area contributed by atoms with Crippen molar-refractivity contribution in [3.05, 3.63) is 69.4 Å². The molecule has 152 valence electrons. The Kier molecular flexibility index (Phi) is 4.25. The summed E-state index contributed by atoms with van der Waals surface area (Å²) in [5.74, 6) is 0.752. The second-order valence-corrected chi connectivity index (χ2v) is 7.69. The van der Waals surface area contributed by atoms with Gasteiger partial charge >= 0.3 is 5.69 Å². The van der Waals surface area contributed by atoms with E-state index in [1.54, 1.807) is 11.5 Å². The lowest BCUT2D eigenvalue weighted by atomic mass is 10.0. The Labute approximate surface area is 172 Å². The Balaban J connectivity index is 1.98. The average Bonchev–Trinajstić information content (AvgIpc) is 3.12. The van der Waals surface area contributed by atoms with Crippen LogP contribution in [0.3, 0.4) is 0 Å². The molecule has 0 N–H and O–H groups in total. The minimum Gasteiger partial charge on any atom is -0.496 e. The molecule has 0 atom stereocenters. The number of nitrogens with zero attached hydrogens (tertiary/aromatic N) is 3. The number of benzene rings is 3. The number of hydrogen-bond donors (Lipinski definition) is 0. The third kappa shape index (κ3) is 2.47. The summed E-state index contributed by atoms with van der Waals surface area (Å²) in [5, 5.41) is 4.38. The van der Waals surface area contributed by atoms with Gasteiger partial charge in [0.05, 0.1) is 23.5 Å². The van der Waals surface area contributed by atoms with Crippen LogP contribution < -0.4 is 16.0 Å². The zero-order valence-electron chi connectivity index (χ0n) is 17.3. The normalized spacial score (nSPS) is 12.1. The van der Waals surface area contributed by atoms with Gasteiger partial charge in [0.1, 0.15) is 5.75 Å². The van der Waals surface area contributed by atoms with Crippen molar-refractivity contribution in [3.8, 4) is 5.75 Å². The summed E-state index contributed by atoms with van der Waals surface area (Å²) >= 11 is 0. The highest BCUT2D eigenvalue weighted by atomic mass is 16.5. The summed E-state index contributed by atoms with van der Waals surface area (Å²) < 4.78 is 8.70. The van der Waals surface area contributed by atoms with E-state index in [1.807, 2.05) is 55.6 Å². The van der Waals surface area contributed by atoms with Crippen LogP contribution in [0.25, 0.3) is 38.0 Å². The average molecular weight is 401 g/mol. The molecule has 6 heteroatoms. The highest BCUT2D eigenvalue weighted by Crippen LogP contribution is 2.38. The van der Waals surface area contributed by atoms with Crippen LogP contribution in [-0.2, 0) is 6.54 Å². The molecule has 5 aromatic rings. The van der Waals surface area contributed by atoms with Crippen molar-refractivity contribution in [3.63, 3.8) is 0 Å². The van der Waals surface area contributed by atoms with E-state index in [4.69, 9.17) is 4.74 Å². The zero-order valence-corrected chi connectivity index (χ0v) is 17.3. The van der Waals surface area contributed by atoms with Crippen molar-refractivity contribution in [2.75, 3.05) is 27.2 Å². The fourth-order valence-corrected chi connectivity index (χ4v) is 4.42. The molecular formula is C24H23N3O3. The summed E-state index contributed by atoms with van der Waals surface area (Å²) in [4.78, 5) is 28.8. The first-order valence-corrected chi connectivity index (χ1v) is 10.1. The predicted molar refractivity (Wildman–Crippen MR) is 121 cm³/mol. The van der Waals surface area contributed by atoms with Crippen molar-refractivity contribution >= 4 is 38.0 Å². The Hall–Kier alpha value is -3.38. The molecular weight excluding hydrogens is 378 g/mol. The van der Waals surface area contributed by atoms with Gasteiger partial charge in [0.15, 0.2) is 0 Å². The molecule has 0 aliphatic heterocycles. The Morgan fingerprint density at radius 2 is 1.73 bits per heavy atom. The highest BCUT2D eigenvalue weighted by Gasteiger charge is 2.21. The van der Waals surface area contributed by atoms with Crippen molar-refractivity contribution in [2.45, 2.75) is 13.5 Å². The van der Waals surface area contributed by atoms with E-state index in [0.29, 0.717) is 24.0 Å². The molecule has 0 spiro atoms. The molecule has 0 radical (unpaired) electrons. The lowest BCUT2D eigenvalue weighted by molar-refractivity contribution is 0.330. The largest absolute Gasteiger partial charge is 0.496 e. The standard InChI is InChI=1S/C24H23N3O3/c1-4-25(2)13-14-26-23(28)17-9-6-8-16-21-18(27(22(16)17)24(26)29)12-11-15-7-5-10-19(30-3)20(15)21/h5-12H,4,13-14H2,1-3H3. The van der Waals surface area contributed by atoms with Gasteiger partial charge in [-0.05, 0) is 37.2 Å². The molecule has 0 saturated heterocycles. The number of ether oxygens (including phenoxy) is 1. The molecule has 30 heavy (non-hydrogen) atoms. The number of fused-ring (bicyclic) bond motifs is 5. The molecule has 3 aromatic carbocycles. The van der Waals surface area contributed by atoms with Crippen LogP contribution in [-0.4, -0.2) is 41.1 Å². The van der Waals surface area contributed by atoms with Gasteiger partial charge < -0.3 is 9.64 Å². The number of hydrogen-bond acceptors (Lipinski definition) is 4. The van der Waals surface area contributed by atoms with Gasteiger partial charge in [0.25, 0.3) is 5.56 Å². The molecule has 0 aliphatic carbocycles. The summed E-state index contributed by atoms with van der Waals surface area (Å²) in [7, 11) is 3.63. The van der Waals surface area contributed by atoms with Gasteiger partial charge in [-0.1, -0.05) is 37.3 Å². The lowest BCUT2D eigenvalue weighted by Gasteiger charge is -2.15. The summed E-state index contributed by atoms with van der Waals surface area (Å²) in [6, 6.07) is 15.5. The SMILES string of the molecule is CCN(C)CCn1c(=O)c2cccc3c4c5c(OC)cccc5ccc4n(c1=O)c23. The van der Waals surface area contributed by atoms with Gasteiger partial charge in [-0.25, -0.2) is 4.79 Å². The van der Waals surface area contributed by atoms with Crippen LogP contribution in [0.15, 0.2) is 58.1 Å². The van der Waals surface area contributed by atoms with E-state index in [9.17, 15) is 9.59 Å². The first-order chi connectivity index (χ1) is 14.6. The zero-order chi connectivity index (χ0) is 21.0. The van der Waals surface area contributed by atoms with Gasteiger partial charge in [-0.3, -0.25) is 13.8 Å². The van der Waals surface area contributed by atoms with Crippen LogP contribution in [0, 0.1) is 0 Å². The van der Waals surface area contributed by atoms with Gasteiger partial charge in [-0.15, -0.1) is 0 Å². The smallest absolute Gasteiger partial charge is 0.336 e. The van der Waals surface area contributed by atoms with Crippen LogP contribution in [0.5, 0.6) is 5.75 Å². The topological polar surface area (TPSA) is 55.9 Å². The second-order valence-electron chi connectivity index (χ2n) is 7.69. The third-order valence-electron chi connectivity index (χ3n) is 6.12. The number of likely N-dealkylation sites (N-methyl/N-ethyl adjacent to an activating group) is 1. The molecule has 5 rings (SSSR count). The third-order valence-corrected chi connectivity index (χ3v) is 6.12. The maximum atomic E-state index is 13.5. The van der Waals surface area contributed by atoms with Crippen LogP contribution in [0.2, 0.25) is 0 Å². The fourth-order valence-electron chi connectivity index (χ4n) is 4.42. The van der Waals surface area contributed by atoms with E-state index < -0.39 is 0 Å². The number of rotatable bonds is 5. The summed E-state index contributed by atoms with van der Waals surface area (Å²) in [6.45, 7) is 3.90. The Bertz CT molecular complexity index is 1530. The lowest BCUT2D eigenvalue weighted by Crippen LogP contribution is -2.40. The van der Waals surface area contributed by atoms with Gasteiger partial charge in [0.2, 0.25) is 0 Å². The Morgan fingerprint density at radius 1 is 0.967 bits per heavy atom. The molecule has 0 saturated carbocycles. The number of methoxy groups -OCH3 is 1. The molecule has 0 bridgehead atoms. The maximum Gasteiger partial charge on any atom is 0.336 e. The molecule has 2 heterocycles. The quantitative estimate of drug-likeness (QED) is 0.453. The van der Waals surface area contributed by atoms with E-state index in [2.05, 4.69) is 11.8 Å². The molecule has 0 amide bonds. The minimum atomic E-state index is -0.294. The van der Waals surface area contributed by atoms with Gasteiger partial charge in [-0.2, -0.15) is 0 Å². The van der Waals surface area contributed by atoms with Crippen molar-refractivity contribution in [1.82, 2.24) is 13.9 Å². The molecule has 2 aromatic heterocycles. The fraction of sp³-hybridized carbons (Fsp3) is 0.250. The maximum absolute atomic E-state index is 13.5. The monoisotopic (exact) mass is 401 g/mol. The van der Waals surface area contributed by atoms with E-state index >= 15 is 0 Å². The van der Waals surface area contributed by atoms with Crippen molar-refractivity contribution in [1.29, 1.82) is 0 Å². The number of para-hydroxylation sites is 1. The summed E-state index contributed by atoms with van der Waals surface area (Å²) in [6.07, 6.45) is 0. The van der Waals surface area contributed by atoms with Crippen LogP contribution in [0.4, 0.5) is 0 Å². The Morgan fingerprint density at radius 3 is 2.50 bits per heavy atom. The summed E-state index contributed by atoms with van der Waals surface area (Å²) in [5.41, 5.74) is 0.945. The van der Waals surface area contributed by atoms with Gasteiger partial charge in [0, 0.05) is 29.2 Å². The van der Waals surface area contributed by atoms with E-state index in [-0.39, 0.29) is 11.2 Å².